The van der Waals surface area contributed by atoms with Gasteiger partial charge in [-0.1, -0.05) is 19.9 Å². The summed E-state index contributed by atoms with van der Waals surface area (Å²) in [5, 5.41) is 2.96. The van der Waals surface area contributed by atoms with Crippen molar-refractivity contribution in [3.63, 3.8) is 0 Å². The average molecular weight is 280 g/mol. The zero-order valence-electron chi connectivity index (χ0n) is 12.4. The molecule has 0 aliphatic carbocycles. The summed E-state index contributed by atoms with van der Waals surface area (Å²) in [6.07, 6.45) is 1.59. The lowest BCUT2D eigenvalue weighted by Gasteiger charge is -2.31. The van der Waals surface area contributed by atoms with Gasteiger partial charge >= 0.3 is 0 Å². The first-order valence-corrected chi connectivity index (χ1v) is 6.87. The van der Waals surface area contributed by atoms with Crippen LogP contribution in [-0.2, 0) is 4.79 Å². The first-order valence-electron chi connectivity index (χ1n) is 6.87. The number of ether oxygens (including phenoxy) is 2. The van der Waals surface area contributed by atoms with Gasteiger partial charge in [0.05, 0.1) is 12.6 Å². The lowest BCUT2D eigenvalue weighted by atomic mass is 9.93. The molecule has 1 aromatic rings. The summed E-state index contributed by atoms with van der Waals surface area (Å²) in [5.41, 5.74) is 5.41. The van der Waals surface area contributed by atoms with Gasteiger partial charge in [0.2, 0.25) is 0 Å². The molecule has 5 nitrogen and oxygen atoms in total. The van der Waals surface area contributed by atoms with Crippen LogP contribution in [0.25, 0.3) is 0 Å². The van der Waals surface area contributed by atoms with Gasteiger partial charge in [-0.2, -0.15) is 0 Å². The third kappa shape index (κ3) is 4.42. The Labute approximate surface area is 120 Å². The van der Waals surface area contributed by atoms with Crippen molar-refractivity contribution in [2.45, 2.75) is 32.2 Å². The minimum Gasteiger partial charge on any atom is -0.497 e. The van der Waals surface area contributed by atoms with Gasteiger partial charge in [-0.3, -0.25) is 4.79 Å². The Kier molecular flexibility index (Phi) is 6.31. The fourth-order valence-corrected chi connectivity index (χ4v) is 1.94. The maximum absolute atomic E-state index is 11.9. The molecule has 0 bridgehead atoms. The fourth-order valence-electron chi connectivity index (χ4n) is 1.94. The van der Waals surface area contributed by atoms with Gasteiger partial charge in [-0.15, -0.1) is 0 Å². The van der Waals surface area contributed by atoms with Gasteiger partial charge in [-0.05, 0) is 25.0 Å². The number of hydrogen-bond acceptors (Lipinski definition) is 4. The molecule has 5 heteroatoms. The first kappa shape index (κ1) is 16.3. The molecule has 3 N–H and O–H groups in total. The molecule has 0 aromatic heterocycles. The molecule has 0 saturated heterocycles. The molecule has 0 heterocycles. The van der Waals surface area contributed by atoms with E-state index in [1.807, 2.05) is 26.0 Å². The van der Waals surface area contributed by atoms with Crippen LogP contribution in [0.4, 0.5) is 0 Å². The van der Waals surface area contributed by atoms with Crippen molar-refractivity contribution in [2.24, 2.45) is 5.73 Å². The van der Waals surface area contributed by atoms with E-state index in [1.54, 1.807) is 19.2 Å². The summed E-state index contributed by atoms with van der Waals surface area (Å²) in [6, 6.07) is 7.16. The van der Waals surface area contributed by atoms with E-state index in [-0.39, 0.29) is 18.1 Å². The molecule has 0 aliphatic rings. The molecule has 1 aromatic carbocycles. The molecular formula is C15H24N2O3. The van der Waals surface area contributed by atoms with Gasteiger partial charge in [0.15, 0.2) is 6.61 Å². The number of carbonyl (C=O) groups is 1. The van der Waals surface area contributed by atoms with Crippen molar-refractivity contribution in [3.8, 4) is 11.5 Å². The molecule has 0 unspecified atom stereocenters. The average Bonchev–Trinajstić information content (AvgIpc) is 2.51. The van der Waals surface area contributed by atoms with Gasteiger partial charge in [0.1, 0.15) is 11.5 Å². The predicted octanol–water partition coefficient (Wildman–Crippen LogP) is 1.71. The molecule has 0 aliphatic heterocycles. The molecule has 1 amide bonds. The van der Waals surface area contributed by atoms with Crippen LogP contribution in [0.5, 0.6) is 11.5 Å². The maximum Gasteiger partial charge on any atom is 0.258 e. The molecule has 0 atom stereocenters. The summed E-state index contributed by atoms with van der Waals surface area (Å²) in [7, 11) is 1.59. The summed E-state index contributed by atoms with van der Waals surface area (Å²) < 4.78 is 10.6. The lowest BCUT2D eigenvalue weighted by molar-refractivity contribution is -0.125. The van der Waals surface area contributed by atoms with E-state index in [0.717, 1.165) is 12.8 Å². The van der Waals surface area contributed by atoms with Crippen LogP contribution in [0.3, 0.4) is 0 Å². The van der Waals surface area contributed by atoms with E-state index < -0.39 is 0 Å². The van der Waals surface area contributed by atoms with Crippen molar-refractivity contribution < 1.29 is 14.3 Å². The molecule has 0 fully saturated rings. The third-order valence-electron chi connectivity index (χ3n) is 3.56. The van der Waals surface area contributed by atoms with Gasteiger partial charge in [0.25, 0.3) is 5.91 Å². The molecule has 20 heavy (non-hydrogen) atoms. The monoisotopic (exact) mass is 280 g/mol. The number of amides is 1. The highest BCUT2D eigenvalue weighted by Crippen LogP contribution is 2.19. The molecule has 0 spiro atoms. The van der Waals surface area contributed by atoms with Crippen LogP contribution in [0.15, 0.2) is 24.3 Å². The molecule has 112 valence electrons. The van der Waals surface area contributed by atoms with E-state index in [1.165, 1.54) is 0 Å². The first-order chi connectivity index (χ1) is 9.59. The minimum atomic E-state index is -0.338. The zero-order valence-corrected chi connectivity index (χ0v) is 12.4. The summed E-state index contributed by atoms with van der Waals surface area (Å²) in [6.45, 7) is 4.42. The highest BCUT2D eigenvalue weighted by Gasteiger charge is 2.26. The van der Waals surface area contributed by atoms with Crippen LogP contribution in [0, 0.1) is 0 Å². The largest absolute Gasteiger partial charge is 0.497 e. The Morgan fingerprint density at radius 1 is 1.30 bits per heavy atom. The second-order valence-corrected chi connectivity index (χ2v) is 4.71. The van der Waals surface area contributed by atoms with Crippen molar-refractivity contribution in [1.82, 2.24) is 5.32 Å². The van der Waals surface area contributed by atoms with E-state index in [0.29, 0.717) is 18.0 Å². The summed E-state index contributed by atoms with van der Waals surface area (Å²) in [4.78, 5) is 11.9. The number of benzene rings is 1. The van der Waals surface area contributed by atoms with Crippen LogP contribution >= 0.6 is 0 Å². The Morgan fingerprint density at radius 2 is 1.95 bits per heavy atom. The van der Waals surface area contributed by atoms with Crippen LogP contribution in [-0.4, -0.2) is 31.7 Å². The number of rotatable bonds is 8. The highest BCUT2D eigenvalue weighted by molar-refractivity contribution is 5.78. The maximum atomic E-state index is 11.9. The normalized spacial score (nSPS) is 11.0. The van der Waals surface area contributed by atoms with Crippen molar-refractivity contribution in [3.05, 3.63) is 24.3 Å². The summed E-state index contributed by atoms with van der Waals surface area (Å²) in [5.74, 6) is 1.13. The van der Waals surface area contributed by atoms with Crippen LogP contribution < -0.4 is 20.5 Å². The Hall–Kier alpha value is -1.75. The summed E-state index contributed by atoms with van der Waals surface area (Å²) >= 11 is 0. The fraction of sp³-hybridized carbons (Fsp3) is 0.533. The Bertz CT molecular complexity index is 423. The topological polar surface area (TPSA) is 73.6 Å². The number of hydrogen-bond donors (Lipinski definition) is 2. The van der Waals surface area contributed by atoms with Crippen molar-refractivity contribution in [2.75, 3.05) is 20.3 Å². The molecular weight excluding hydrogens is 256 g/mol. The predicted molar refractivity (Wildman–Crippen MR) is 79.0 cm³/mol. The zero-order chi connectivity index (χ0) is 15.0. The Balaban J connectivity index is 2.54. The smallest absolute Gasteiger partial charge is 0.258 e. The quantitative estimate of drug-likeness (QED) is 0.760. The van der Waals surface area contributed by atoms with Gasteiger partial charge in [-0.25, -0.2) is 0 Å². The standard InChI is InChI=1S/C15H24N2O3/c1-4-15(5-2,11-16)17-14(18)10-20-13-8-6-7-12(9-13)19-3/h6-9H,4-5,10-11,16H2,1-3H3,(H,17,18). The lowest BCUT2D eigenvalue weighted by Crippen LogP contribution is -2.54. The Morgan fingerprint density at radius 3 is 2.50 bits per heavy atom. The van der Waals surface area contributed by atoms with E-state index in [9.17, 15) is 4.79 Å². The molecule has 0 radical (unpaired) electrons. The number of methoxy groups -OCH3 is 1. The van der Waals surface area contributed by atoms with Crippen molar-refractivity contribution >= 4 is 5.91 Å². The van der Waals surface area contributed by atoms with E-state index in [4.69, 9.17) is 15.2 Å². The number of nitrogens with one attached hydrogen (secondary N) is 1. The van der Waals surface area contributed by atoms with Gasteiger partial charge < -0.3 is 20.5 Å². The molecule has 0 saturated carbocycles. The van der Waals surface area contributed by atoms with E-state index in [2.05, 4.69) is 5.32 Å². The van der Waals surface area contributed by atoms with Crippen LogP contribution in [0.1, 0.15) is 26.7 Å². The molecule has 1 rings (SSSR count). The minimum absolute atomic E-state index is 0.0328. The van der Waals surface area contributed by atoms with Crippen molar-refractivity contribution in [1.29, 1.82) is 0 Å². The number of carbonyl (C=O) groups excluding carboxylic acids is 1. The van der Waals surface area contributed by atoms with Gasteiger partial charge in [0, 0.05) is 12.6 Å². The highest BCUT2D eigenvalue weighted by atomic mass is 16.5. The van der Waals surface area contributed by atoms with Crippen LogP contribution in [0.2, 0.25) is 0 Å². The second-order valence-electron chi connectivity index (χ2n) is 4.71. The second kappa shape index (κ2) is 7.75. The SMILES string of the molecule is CCC(CC)(CN)NC(=O)COc1cccc(OC)c1. The van der Waals surface area contributed by atoms with E-state index >= 15 is 0 Å². The number of nitrogens with two attached hydrogens (primary N) is 1. The third-order valence-corrected chi connectivity index (χ3v) is 3.56.